The van der Waals surface area contributed by atoms with Gasteiger partial charge >= 0.3 is 10.4 Å². The van der Waals surface area contributed by atoms with Crippen LogP contribution in [0, 0.1) is 0 Å². The number of rotatable bonds is 5. The largest absolute Gasteiger partial charge is 0.397 e. The number of hydrogen-bond donors (Lipinski definition) is 1. The minimum absolute atomic E-state index is 0.0761. The van der Waals surface area contributed by atoms with Gasteiger partial charge in [0.1, 0.15) is 0 Å². The maximum absolute atomic E-state index is 9.93. The van der Waals surface area contributed by atoms with Crippen molar-refractivity contribution in [2.45, 2.75) is 26.2 Å². The number of imidazole rings is 1. The molecule has 0 saturated carbocycles. The molecule has 0 aromatic carbocycles. The maximum atomic E-state index is 9.93. The van der Waals surface area contributed by atoms with Crippen LogP contribution in [0.3, 0.4) is 0 Å². The van der Waals surface area contributed by atoms with E-state index < -0.39 is 10.4 Å². The monoisotopic (exact) mass is 250 g/mol. The molecule has 0 bridgehead atoms. The lowest BCUT2D eigenvalue weighted by molar-refractivity contribution is 0.262. The fraction of sp³-hybridized carbons (Fsp3) is 0.667. The van der Waals surface area contributed by atoms with E-state index in [1.54, 1.807) is 12.5 Å². The SMILES string of the molecule is CCCCCOS(=O)(=O)O.Cn1ccnc1. The molecule has 0 radical (unpaired) electrons. The molecule has 0 aliphatic carbocycles. The van der Waals surface area contributed by atoms with Crippen LogP contribution >= 0.6 is 0 Å². The molecule has 16 heavy (non-hydrogen) atoms. The molecule has 1 heterocycles. The first-order chi connectivity index (χ1) is 7.45. The van der Waals surface area contributed by atoms with Crippen LogP contribution in [0.15, 0.2) is 18.7 Å². The van der Waals surface area contributed by atoms with Gasteiger partial charge in [0.2, 0.25) is 0 Å². The van der Waals surface area contributed by atoms with Crippen LogP contribution in [-0.4, -0.2) is 29.1 Å². The van der Waals surface area contributed by atoms with Crippen LogP contribution in [0.1, 0.15) is 26.2 Å². The summed E-state index contributed by atoms with van der Waals surface area (Å²) in [6.07, 6.45) is 7.96. The van der Waals surface area contributed by atoms with E-state index in [-0.39, 0.29) is 6.61 Å². The van der Waals surface area contributed by atoms with Crippen molar-refractivity contribution < 1.29 is 17.2 Å². The molecule has 0 aliphatic rings. The molecule has 0 fully saturated rings. The number of unbranched alkanes of at least 4 members (excludes halogenated alkanes) is 2. The summed E-state index contributed by atoms with van der Waals surface area (Å²) in [6.45, 7) is 2.07. The second kappa shape index (κ2) is 8.26. The predicted molar refractivity (Wildman–Crippen MR) is 60.2 cm³/mol. The fourth-order valence-corrected chi connectivity index (χ4v) is 1.17. The normalized spacial score (nSPS) is 10.7. The highest BCUT2D eigenvalue weighted by atomic mass is 32.3. The van der Waals surface area contributed by atoms with Gasteiger partial charge in [0.25, 0.3) is 0 Å². The summed E-state index contributed by atoms with van der Waals surface area (Å²) in [5.41, 5.74) is 0. The van der Waals surface area contributed by atoms with Gasteiger partial charge in [0.05, 0.1) is 12.9 Å². The molecule has 1 aromatic heterocycles. The van der Waals surface area contributed by atoms with Gasteiger partial charge in [0, 0.05) is 19.4 Å². The van der Waals surface area contributed by atoms with Crippen LogP contribution in [-0.2, 0) is 21.6 Å². The van der Waals surface area contributed by atoms with Crippen LogP contribution in [0.4, 0.5) is 0 Å². The molecule has 1 N–H and O–H groups in total. The molecule has 1 aromatic rings. The first-order valence-corrected chi connectivity index (χ1v) is 6.36. The van der Waals surface area contributed by atoms with Crippen LogP contribution in [0.25, 0.3) is 0 Å². The van der Waals surface area contributed by atoms with Crippen LogP contribution in [0.5, 0.6) is 0 Å². The highest BCUT2D eigenvalue weighted by molar-refractivity contribution is 7.80. The molecule has 0 saturated heterocycles. The minimum Gasteiger partial charge on any atom is -0.341 e. The number of nitrogens with zero attached hydrogens (tertiary/aromatic N) is 2. The average Bonchev–Trinajstić information content (AvgIpc) is 2.63. The van der Waals surface area contributed by atoms with Gasteiger partial charge in [0.15, 0.2) is 0 Å². The van der Waals surface area contributed by atoms with E-state index in [0.29, 0.717) is 6.42 Å². The molecule has 0 spiro atoms. The van der Waals surface area contributed by atoms with E-state index in [0.717, 1.165) is 12.8 Å². The minimum atomic E-state index is -4.20. The Kier molecular flexibility index (Phi) is 7.78. The Bertz CT molecular complexity index is 348. The highest BCUT2D eigenvalue weighted by Gasteiger charge is 2.01. The third-order valence-electron chi connectivity index (χ3n) is 1.62. The lowest BCUT2D eigenvalue weighted by Gasteiger charge is -1.96. The third-order valence-corrected chi connectivity index (χ3v) is 2.08. The van der Waals surface area contributed by atoms with Crippen molar-refractivity contribution in [2.75, 3.05) is 6.61 Å². The van der Waals surface area contributed by atoms with E-state index in [9.17, 15) is 8.42 Å². The fourth-order valence-electron chi connectivity index (χ4n) is 0.842. The smallest absolute Gasteiger partial charge is 0.341 e. The summed E-state index contributed by atoms with van der Waals surface area (Å²) in [4.78, 5) is 3.78. The molecule has 6 nitrogen and oxygen atoms in total. The van der Waals surface area contributed by atoms with Crippen molar-refractivity contribution in [1.82, 2.24) is 9.55 Å². The van der Waals surface area contributed by atoms with Gasteiger partial charge in [-0.15, -0.1) is 0 Å². The Morgan fingerprint density at radius 1 is 1.44 bits per heavy atom. The Labute approximate surface area is 96.2 Å². The van der Waals surface area contributed by atoms with Gasteiger partial charge in [-0.05, 0) is 6.42 Å². The van der Waals surface area contributed by atoms with E-state index in [2.05, 4.69) is 9.17 Å². The van der Waals surface area contributed by atoms with E-state index in [4.69, 9.17) is 4.55 Å². The Morgan fingerprint density at radius 2 is 2.12 bits per heavy atom. The van der Waals surface area contributed by atoms with Gasteiger partial charge in [-0.1, -0.05) is 19.8 Å². The second-order valence-corrected chi connectivity index (χ2v) is 4.28. The highest BCUT2D eigenvalue weighted by Crippen LogP contribution is 1.96. The van der Waals surface area contributed by atoms with E-state index in [1.165, 1.54) is 0 Å². The van der Waals surface area contributed by atoms with E-state index in [1.807, 2.05) is 24.7 Å². The van der Waals surface area contributed by atoms with E-state index >= 15 is 0 Å². The predicted octanol–water partition coefficient (Wildman–Crippen LogP) is 1.42. The zero-order valence-electron chi connectivity index (χ0n) is 9.54. The summed E-state index contributed by atoms with van der Waals surface area (Å²) in [7, 11) is -2.27. The van der Waals surface area contributed by atoms with Crippen molar-refractivity contribution in [3.63, 3.8) is 0 Å². The molecule has 94 valence electrons. The maximum Gasteiger partial charge on any atom is 0.397 e. The lowest BCUT2D eigenvalue weighted by atomic mass is 10.3. The van der Waals surface area contributed by atoms with Crippen molar-refractivity contribution in [2.24, 2.45) is 7.05 Å². The molecule has 0 aliphatic heterocycles. The summed E-state index contributed by atoms with van der Waals surface area (Å²) in [5.74, 6) is 0. The zero-order chi connectivity index (χ0) is 12.4. The Morgan fingerprint density at radius 3 is 2.44 bits per heavy atom. The van der Waals surface area contributed by atoms with Gasteiger partial charge in [-0.3, -0.25) is 4.55 Å². The summed E-state index contributed by atoms with van der Waals surface area (Å²) >= 11 is 0. The molecule has 1 rings (SSSR count). The standard InChI is InChI=1S/C5H12O4S.C4H6N2/c1-2-3-4-5-9-10(6,7)8;1-6-3-2-5-4-6/h2-5H2,1H3,(H,6,7,8);2-4H,1H3. The van der Waals surface area contributed by atoms with Crippen molar-refractivity contribution in [3.05, 3.63) is 18.7 Å². The number of hydrogen-bond acceptors (Lipinski definition) is 4. The quantitative estimate of drug-likeness (QED) is 0.631. The van der Waals surface area contributed by atoms with Gasteiger partial charge in [-0.2, -0.15) is 8.42 Å². The number of aryl methyl sites for hydroxylation is 1. The van der Waals surface area contributed by atoms with Crippen molar-refractivity contribution in [1.29, 1.82) is 0 Å². The summed E-state index contributed by atoms with van der Waals surface area (Å²) in [5, 5.41) is 0. The summed E-state index contributed by atoms with van der Waals surface area (Å²) in [6, 6.07) is 0. The Balaban J connectivity index is 0.000000315. The first-order valence-electron chi connectivity index (χ1n) is 4.99. The molecule has 0 amide bonds. The Hall–Kier alpha value is -0.920. The van der Waals surface area contributed by atoms with Crippen LogP contribution < -0.4 is 0 Å². The van der Waals surface area contributed by atoms with Crippen molar-refractivity contribution in [3.8, 4) is 0 Å². The second-order valence-electron chi connectivity index (χ2n) is 3.18. The molecule has 7 heteroatoms. The lowest BCUT2D eigenvalue weighted by Crippen LogP contribution is -2.04. The van der Waals surface area contributed by atoms with Crippen molar-refractivity contribution >= 4 is 10.4 Å². The third kappa shape index (κ3) is 11.2. The molecule has 0 unspecified atom stereocenters. The molecular formula is C9H18N2O4S. The first kappa shape index (κ1) is 15.1. The zero-order valence-corrected chi connectivity index (χ0v) is 10.4. The summed E-state index contributed by atoms with van der Waals surface area (Å²) < 4.78 is 33.9. The molecule has 0 atom stereocenters. The average molecular weight is 250 g/mol. The van der Waals surface area contributed by atoms with Gasteiger partial charge in [-0.25, -0.2) is 9.17 Å². The van der Waals surface area contributed by atoms with Gasteiger partial charge < -0.3 is 4.57 Å². The number of aromatic nitrogens is 2. The van der Waals surface area contributed by atoms with Crippen LogP contribution in [0.2, 0.25) is 0 Å². The molecular weight excluding hydrogens is 232 g/mol. The topological polar surface area (TPSA) is 81.4 Å².